The largest absolute Gasteiger partial charge is 0.469 e. The number of aromatic nitrogens is 4. The van der Waals surface area contributed by atoms with Crippen molar-refractivity contribution in [2.24, 2.45) is 0 Å². The summed E-state index contributed by atoms with van der Waals surface area (Å²) < 4.78 is 7.04. The summed E-state index contributed by atoms with van der Waals surface area (Å²) in [5.41, 5.74) is 1.37. The topological polar surface area (TPSA) is 79.8 Å². The Balaban J connectivity index is 1.51. The second-order valence-electron chi connectivity index (χ2n) is 5.86. The Bertz CT molecular complexity index is 891. The van der Waals surface area contributed by atoms with E-state index < -0.39 is 0 Å². The molecule has 0 atom stereocenters. The van der Waals surface area contributed by atoms with Gasteiger partial charge in [0.2, 0.25) is 0 Å². The van der Waals surface area contributed by atoms with Crippen LogP contribution in [0.5, 0.6) is 0 Å². The zero-order valence-corrected chi connectivity index (χ0v) is 13.6. The van der Waals surface area contributed by atoms with E-state index in [-0.39, 0.29) is 5.91 Å². The Labute approximate surface area is 138 Å². The molecule has 0 radical (unpaired) electrons. The molecule has 0 spiro atoms. The van der Waals surface area contributed by atoms with Crippen molar-refractivity contribution < 1.29 is 9.21 Å². The monoisotopic (exact) mass is 326 g/mol. The number of carbonyl (C=O) groups excluding carboxylic acids is 1. The molecule has 124 valence electrons. The van der Waals surface area contributed by atoms with Gasteiger partial charge in [-0.25, -0.2) is 4.98 Å². The maximum absolute atomic E-state index is 12.5. The summed E-state index contributed by atoms with van der Waals surface area (Å²) >= 11 is 0. The predicted octanol–water partition coefficient (Wildman–Crippen LogP) is 1.30. The van der Waals surface area contributed by atoms with Crippen molar-refractivity contribution in [1.29, 1.82) is 0 Å². The third-order valence-electron chi connectivity index (χ3n) is 4.32. The normalized spacial score (nSPS) is 15.2. The fourth-order valence-electron chi connectivity index (χ4n) is 3.04. The van der Waals surface area contributed by atoms with Gasteiger partial charge in [0.15, 0.2) is 11.5 Å². The summed E-state index contributed by atoms with van der Waals surface area (Å²) in [5.74, 6) is 2.30. The van der Waals surface area contributed by atoms with Crippen LogP contribution in [0.1, 0.15) is 21.9 Å². The number of hydrogen-bond acceptors (Lipinski definition) is 6. The highest BCUT2D eigenvalue weighted by Gasteiger charge is 2.25. The highest BCUT2D eigenvalue weighted by Crippen LogP contribution is 2.18. The zero-order chi connectivity index (χ0) is 16.7. The number of rotatable bonds is 2. The van der Waals surface area contributed by atoms with Gasteiger partial charge >= 0.3 is 0 Å². The molecule has 4 heterocycles. The van der Waals surface area contributed by atoms with Crippen molar-refractivity contribution in [1.82, 2.24) is 24.5 Å². The summed E-state index contributed by atoms with van der Waals surface area (Å²) in [5, 5.41) is 4.43. The number of nitrogens with zero attached hydrogens (tertiary/aromatic N) is 6. The highest BCUT2D eigenvalue weighted by atomic mass is 16.3. The van der Waals surface area contributed by atoms with Gasteiger partial charge in [0.25, 0.3) is 5.91 Å². The molecule has 1 fully saturated rings. The molecule has 1 aliphatic heterocycles. The molecule has 0 aromatic carbocycles. The minimum atomic E-state index is 0.0221. The quantitative estimate of drug-likeness (QED) is 0.706. The van der Waals surface area contributed by atoms with E-state index in [9.17, 15) is 4.79 Å². The van der Waals surface area contributed by atoms with E-state index in [4.69, 9.17) is 4.42 Å². The van der Waals surface area contributed by atoms with Crippen LogP contribution in [0.3, 0.4) is 0 Å². The summed E-state index contributed by atoms with van der Waals surface area (Å²) in [7, 11) is 0. The smallest absolute Gasteiger partial charge is 0.257 e. The Morgan fingerprint density at radius 1 is 1.17 bits per heavy atom. The van der Waals surface area contributed by atoms with Crippen molar-refractivity contribution in [3.63, 3.8) is 0 Å². The summed E-state index contributed by atoms with van der Waals surface area (Å²) in [6.45, 7) is 6.41. The van der Waals surface area contributed by atoms with E-state index in [2.05, 4.69) is 20.0 Å². The van der Waals surface area contributed by atoms with Gasteiger partial charge in [-0.05, 0) is 19.9 Å². The van der Waals surface area contributed by atoms with Gasteiger partial charge in [0.05, 0.1) is 24.2 Å². The van der Waals surface area contributed by atoms with Crippen LogP contribution in [0.25, 0.3) is 5.65 Å². The van der Waals surface area contributed by atoms with Gasteiger partial charge in [-0.2, -0.15) is 4.52 Å². The summed E-state index contributed by atoms with van der Waals surface area (Å²) in [4.78, 5) is 25.2. The van der Waals surface area contributed by atoms with E-state index in [1.54, 1.807) is 29.2 Å². The molecule has 0 saturated carbocycles. The number of carbonyl (C=O) groups is 1. The van der Waals surface area contributed by atoms with Crippen molar-refractivity contribution in [2.75, 3.05) is 31.1 Å². The molecule has 8 heteroatoms. The molecule has 3 aromatic heterocycles. The lowest BCUT2D eigenvalue weighted by atomic mass is 10.2. The highest BCUT2D eigenvalue weighted by molar-refractivity contribution is 5.95. The number of aryl methyl sites for hydroxylation is 2. The molecular formula is C16H18N6O2. The first-order valence-electron chi connectivity index (χ1n) is 7.89. The molecule has 0 aliphatic carbocycles. The molecule has 8 nitrogen and oxygen atoms in total. The van der Waals surface area contributed by atoms with Crippen molar-refractivity contribution in [3.05, 3.63) is 41.9 Å². The zero-order valence-electron chi connectivity index (χ0n) is 13.6. The number of hydrogen-bond donors (Lipinski definition) is 0. The Kier molecular flexibility index (Phi) is 3.44. The first-order valence-corrected chi connectivity index (χ1v) is 7.89. The molecule has 24 heavy (non-hydrogen) atoms. The molecule has 1 saturated heterocycles. The van der Waals surface area contributed by atoms with E-state index in [0.717, 1.165) is 24.6 Å². The van der Waals surface area contributed by atoms with Gasteiger partial charge in [-0.3, -0.25) is 9.78 Å². The van der Waals surface area contributed by atoms with Crippen molar-refractivity contribution in [3.8, 4) is 0 Å². The lowest BCUT2D eigenvalue weighted by molar-refractivity contribution is 0.0744. The van der Waals surface area contributed by atoms with Gasteiger partial charge in [0.1, 0.15) is 11.6 Å². The van der Waals surface area contributed by atoms with Crippen LogP contribution >= 0.6 is 0 Å². The molecule has 1 amide bonds. The van der Waals surface area contributed by atoms with Crippen LogP contribution < -0.4 is 4.90 Å². The molecule has 0 N–H and O–H groups in total. The average Bonchev–Trinajstić information content (AvgIpc) is 3.18. The lowest BCUT2D eigenvalue weighted by Gasteiger charge is -2.35. The van der Waals surface area contributed by atoms with Crippen molar-refractivity contribution in [2.45, 2.75) is 13.8 Å². The number of amides is 1. The number of furan rings is 1. The van der Waals surface area contributed by atoms with Crippen LogP contribution in [0.4, 0.5) is 5.82 Å². The maximum Gasteiger partial charge on any atom is 0.257 e. The van der Waals surface area contributed by atoms with E-state index in [0.29, 0.717) is 30.2 Å². The van der Waals surface area contributed by atoms with Crippen LogP contribution in [0.15, 0.2) is 29.1 Å². The maximum atomic E-state index is 12.5. The molecule has 4 rings (SSSR count). The molecule has 1 aliphatic rings. The molecule has 0 bridgehead atoms. The molecular weight excluding hydrogens is 308 g/mol. The summed E-state index contributed by atoms with van der Waals surface area (Å²) in [6.07, 6.45) is 5.04. The van der Waals surface area contributed by atoms with Crippen LogP contribution in [0, 0.1) is 13.8 Å². The second kappa shape index (κ2) is 5.63. The SMILES string of the molecule is Cc1nc2cncc(N3CCN(C(=O)c4ccoc4C)CC3)n2n1. The lowest BCUT2D eigenvalue weighted by Crippen LogP contribution is -2.49. The molecule has 0 unspecified atom stereocenters. The number of fused-ring (bicyclic) bond motifs is 1. The third-order valence-corrected chi connectivity index (χ3v) is 4.32. The Morgan fingerprint density at radius 3 is 2.67 bits per heavy atom. The van der Waals surface area contributed by atoms with E-state index >= 15 is 0 Å². The van der Waals surface area contributed by atoms with Gasteiger partial charge in [0, 0.05) is 26.2 Å². The third kappa shape index (κ3) is 2.40. The number of anilines is 1. The van der Waals surface area contributed by atoms with Gasteiger partial charge < -0.3 is 14.2 Å². The van der Waals surface area contributed by atoms with Gasteiger partial charge in [-0.1, -0.05) is 0 Å². The minimum absolute atomic E-state index is 0.0221. The van der Waals surface area contributed by atoms with E-state index in [1.165, 1.54) is 0 Å². The fourth-order valence-corrected chi connectivity index (χ4v) is 3.04. The van der Waals surface area contributed by atoms with Crippen LogP contribution in [-0.4, -0.2) is 56.6 Å². The first kappa shape index (κ1) is 14.7. The Hall–Kier alpha value is -2.90. The standard InChI is InChI=1S/C16H18N6O2/c1-11-13(3-8-24-11)16(23)21-6-4-20(5-7-21)15-10-17-9-14-18-12(2)19-22(14)15/h3,8-10H,4-7H2,1-2H3. The predicted molar refractivity (Wildman–Crippen MR) is 87.1 cm³/mol. The second-order valence-corrected chi connectivity index (χ2v) is 5.86. The van der Waals surface area contributed by atoms with Crippen LogP contribution in [-0.2, 0) is 0 Å². The van der Waals surface area contributed by atoms with Gasteiger partial charge in [-0.15, -0.1) is 5.10 Å². The van der Waals surface area contributed by atoms with E-state index in [1.807, 2.05) is 18.7 Å². The summed E-state index contributed by atoms with van der Waals surface area (Å²) in [6, 6.07) is 1.73. The number of piperazine rings is 1. The fraction of sp³-hybridized carbons (Fsp3) is 0.375. The first-order chi connectivity index (χ1) is 11.6. The Morgan fingerprint density at radius 2 is 1.96 bits per heavy atom. The average molecular weight is 326 g/mol. The van der Waals surface area contributed by atoms with Crippen molar-refractivity contribution >= 4 is 17.4 Å². The molecule has 3 aromatic rings. The van der Waals surface area contributed by atoms with Crippen LogP contribution in [0.2, 0.25) is 0 Å². The minimum Gasteiger partial charge on any atom is -0.469 e.